The summed E-state index contributed by atoms with van der Waals surface area (Å²) in [5.41, 5.74) is 0. The lowest BCUT2D eigenvalue weighted by atomic mass is 10.3. The Morgan fingerprint density at radius 3 is 2.85 bits per heavy atom. The predicted octanol–water partition coefficient (Wildman–Crippen LogP) is 1.93. The Labute approximate surface area is 74.1 Å². The molecule has 0 heterocycles. The molecule has 0 aliphatic heterocycles. The van der Waals surface area contributed by atoms with E-state index in [0.29, 0.717) is 6.29 Å². The van der Waals surface area contributed by atoms with Crippen molar-refractivity contribution in [1.29, 1.82) is 0 Å². The molecular weight excluding hydrogens is 178 g/mol. The summed E-state index contributed by atoms with van der Waals surface area (Å²) in [5.74, 6) is -1.36. The minimum Gasteiger partial charge on any atom is -0.490 e. The fourth-order valence-corrected chi connectivity index (χ4v) is 0.805. The molecule has 0 fully saturated rings. The van der Waals surface area contributed by atoms with Crippen LogP contribution in [0.25, 0.3) is 0 Å². The summed E-state index contributed by atoms with van der Waals surface area (Å²) in [6.07, 6.45) is 0.813. The van der Waals surface area contributed by atoms with E-state index in [1.54, 1.807) is 0 Å². The third-order valence-electron chi connectivity index (χ3n) is 1.39. The lowest BCUT2D eigenvalue weighted by Crippen LogP contribution is -1.99. The first-order valence-corrected chi connectivity index (χ1v) is 3.75. The van der Waals surface area contributed by atoms with Crippen LogP contribution in [0.1, 0.15) is 6.42 Å². The maximum atomic E-state index is 12.8. The van der Waals surface area contributed by atoms with Crippen molar-refractivity contribution in [1.82, 2.24) is 0 Å². The molecular formula is C9H8F2O2. The van der Waals surface area contributed by atoms with Crippen LogP contribution in [0.5, 0.6) is 5.75 Å². The molecule has 0 bridgehead atoms. The van der Waals surface area contributed by atoms with Gasteiger partial charge in [0.25, 0.3) is 0 Å². The van der Waals surface area contributed by atoms with Gasteiger partial charge in [-0.15, -0.1) is 0 Å². The molecule has 0 saturated heterocycles. The second-order valence-electron chi connectivity index (χ2n) is 2.38. The molecule has 0 amide bonds. The summed E-state index contributed by atoms with van der Waals surface area (Å²) in [5, 5.41) is 0. The van der Waals surface area contributed by atoms with Crippen LogP contribution in [0.3, 0.4) is 0 Å². The van der Waals surface area contributed by atoms with Crippen molar-refractivity contribution in [2.75, 3.05) is 6.61 Å². The Kier molecular flexibility index (Phi) is 3.37. The molecule has 0 spiro atoms. The molecule has 13 heavy (non-hydrogen) atoms. The number of ether oxygens (including phenoxy) is 1. The topological polar surface area (TPSA) is 26.3 Å². The van der Waals surface area contributed by atoms with Crippen LogP contribution in [0.2, 0.25) is 0 Å². The zero-order chi connectivity index (χ0) is 9.68. The van der Waals surface area contributed by atoms with Crippen molar-refractivity contribution in [2.45, 2.75) is 6.42 Å². The summed E-state index contributed by atoms with van der Waals surface area (Å²) in [4.78, 5) is 9.90. The highest BCUT2D eigenvalue weighted by Crippen LogP contribution is 2.17. The fourth-order valence-electron chi connectivity index (χ4n) is 0.805. The zero-order valence-electron chi connectivity index (χ0n) is 6.80. The van der Waals surface area contributed by atoms with Gasteiger partial charge in [-0.2, -0.15) is 0 Å². The van der Waals surface area contributed by atoms with E-state index in [4.69, 9.17) is 4.74 Å². The molecule has 0 aliphatic carbocycles. The molecule has 4 heteroatoms. The van der Waals surface area contributed by atoms with Gasteiger partial charge in [0.05, 0.1) is 6.61 Å². The van der Waals surface area contributed by atoms with E-state index in [-0.39, 0.29) is 18.8 Å². The maximum absolute atomic E-state index is 12.8. The number of carbonyl (C=O) groups excluding carboxylic acids is 1. The summed E-state index contributed by atoms with van der Waals surface area (Å²) >= 11 is 0. The summed E-state index contributed by atoms with van der Waals surface area (Å²) in [7, 11) is 0. The average Bonchev–Trinajstić information content (AvgIpc) is 2.11. The number of hydrogen-bond acceptors (Lipinski definition) is 2. The van der Waals surface area contributed by atoms with E-state index >= 15 is 0 Å². The highest BCUT2D eigenvalue weighted by molar-refractivity contribution is 5.49. The van der Waals surface area contributed by atoms with Crippen LogP contribution in [0, 0.1) is 11.6 Å². The lowest BCUT2D eigenvalue weighted by molar-refractivity contribution is -0.108. The molecule has 0 N–H and O–H groups in total. The predicted molar refractivity (Wildman–Crippen MR) is 42.5 cm³/mol. The van der Waals surface area contributed by atoms with E-state index in [2.05, 4.69) is 0 Å². The van der Waals surface area contributed by atoms with Gasteiger partial charge in [0.2, 0.25) is 0 Å². The van der Waals surface area contributed by atoms with Crippen molar-refractivity contribution in [3.05, 3.63) is 29.8 Å². The van der Waals surface area contributed by atoms with Gasteiger partial charge in [-0.05, 0) is 12.1 Å². The molecule has 0 aromatic heterocycles. The van der Waals surface area contributed by atoms with Gasteiger partial charge in [0, 0.05) is 12.5 Å². The molecule has 70 valence electrons. The maximum Gasteiger partial charge on any atom is 0.165 e. The number of halogens is 2. The van der Waals surface area contributed by atoms with Crippen molar-refractivity contribution >= 4 is 6.29 Å². The first kappa shape index (κ1) is 9.64. The Morgan fingerprint density at radius 1 is 1.38 bits per heavy atom. The molecule has 0 saturated carbocycles. The van der Waals surface area contributed by atoms with Gasteiger partial charge in [-0.3, -0.25) is 0 Å². The first-order valence-electron chi connectivity index (χ1n) is 3.75. The van der Waals surface area contributed by atoms with Crippen LogP contribution in [0.15, 0.2) is 18.2 Å². The monoisotopic (exact) mass is 186 g/mol. The number of hydrogen-bond donors (Lipinski definition) is 0. The summed E-state index contributed by atoms with van der Waals surface area (Å²) in [6.45, 7) is 0.0594. The van der Waals surface area contributed by atoms with Gasteiger partial charge < -0.3 is 9.53 Å². The smallest absolute Gasteiger partial charge is 0.165 e. The van der Waals surface area contributed by atoms with Crippen molar-refractivity contribution < 1.29 is 18.3 Å². The summed E-state index contributed by atoms with van der Waals surface area (Å²) < 4.78 is 30.2. The van der Waals surface area contributed by atoms with Gasteiger partial charge in [-0.1, -0.05) is 0 Å². The molecule has 0 unspecified atom stereocenters. The highest BCUT2D eigenvalue weighted by Gasteiger charge is 2.03. The molecule has 0 atom stereocenters. The van der Waals surface area contributed by atoms with Gasteiger partial charge in [0.15, 0.2) is 11.6 Å². The first-order chi connectivity index (χ1) is 6.24. The van der Waals surface area contributed by atoms with Gasteiger partial charge in [0.1, 0.15) is 12.1 Å². The average molecular weight is 186 g/mol. The Hall–Kier alpha value is -1.45. The lowest BCUT2D eigenvalue weighted by Gasteiger charge is -2.04. The van der Waals surface area contributed by atoms with Crippen molar-refractivity contribution in [2.24, 2.45) is 0 Å². The van der Waals surface area contributed by atoms with E-state index in [0.717, 1.165) is 18.2 Å². The normalized spacial score (nSPS) is 9.69. The molecule has 1 rings (SSSR count). The number of rotatable bonds is 4. The van der Waals surface area contributed by atoms with E-state index < -0.39 is 11.6 Å². The quantitative estimate of drug-likeness (QED) is 0.530. The standard InChI is InChI=1S/C9H8F2O2/c10-7-2-3-8(11)9(6-7)13-5-1-4-12/h2-4,6H,1,5H2. The second kappa shape index (κ2) is 4.54. The van der Waals surface area contributed by atoms with Gasteiger partial charge in [-0.25, -0.2) is 8.78 Å². The van der Waals surface area contributed by atoms with Gasteiger partial charge >= 0.3 is 0 Å². The number of benzene rings is 1. The highest BCUT2D eigenvalue weighted by atomic mass is 19.1. The third-order valence-corrected chi connectivity index (χ3v) is 1.39. The van der Waals surface area contributed by atoms with Crippen LogP contribution in [-0.2, 0) is 4.79 Å². The van der Waals surface area contributed by atoms with Crippen LogP contribution in [0.4, 0.5) is 8.78 Å². The van der Waals surface area contributed by atoms with Crippen LogP contribution >= 0.6 is 0 Å². The van der Waals surface area contributed by atoms with Crippen LogP contribution in [-0.4, -0.2) is 12.9 Å². The SMILES string of the molecule is O=CCCOc1cc(F)ccc1F. The van der Waals surface area contributed by atoms with Crippen molar-refractivity contribution in [3.63, 3.8) is 0 Å². The third kappa shape index (κ3) is 2.82. The minimum atomic E-state index is -0.632. The number of aldehydes is 1. The Bertz CT molecular complexity index is 300. The molecule has 0 radical (unpaired) electrons. The Balaban J connectivity index is 2.64. The molecule has 2 nitrogen and oxygen atoms in total. The number of carbonyl (C=O) groups is 1. The Morgan fingerprint density at radius 2 is 2.15 bits per heavy atom. The molecule has 0 aliphatic rings. The minimum absolute atomic E-state index is 0.0594. The largest absolute Gasteiger partial charge is 0.490 e. The fraction of sp³-hybridized carbons (Fsp3) is 0.222. The molecule has 1 aromatic carbocycles. The zero-order valence-corrected chi connectivity index (χ0v) is 6.80. The van der Waals surface area contributed by atoms with E-state index in [9.17, 15) is 13.6 Å². The van der Waals surface area contributed by atoms with Crippen molar-refractivity contribution in [3.8, 4) is 5.75 Å². The molecule has 1 aromatic rings. The van der Waals surface area contributed by atoms with E-state index in [1.165, 1.54) is 0 Å². The van der Waals surface area contributed by atoms with E-state index in [1.807, 2.05) is 0 Å². The summed E-state index contributed by atoms with van der Waals surface area (Å²) in [6, 6.07) is 2.92. The second-order valence-corrected chi connectivity index (χ2v) is 2.38. The van der Waals surface area contributed by atoms with Crippen LogP contribution < -0.4 is 4.74 Å².